The molecule has 88 valence electrons. The molecule has 0 radical (unpaired) electrons. The van der Waals surface area contributed by atoms with E-state index in [9.17, 15) is 0 Å². The molecule has 0 bridgehead atoms. The van der Waals surface area contributed by atoms with Crippen molar-refractivity contribution in [2.45, 2.75) is 13.8 Å². The van der Waals surface area contributed by atoms with Crippen LogP contribution in [0.2, 0.25) is 10.0 Å². The summed E-state index contributed by atoms with van der Waals surface area (Å²) in [5, 5.41) is 9.16. The highest BCUT2D eigenvalue weighted by atomic mass is 35.5. The monoisotopic (exact) mass is 267 g/mol. The molecule has 1 aromatic carbocycles. The van der Waals surface area contributed by atoms with E-state index in [2.05, 4.69) is 10.2 Å². The summed E-state index contributed by atoms with van der Waals surface area (Å²) in [4.78, 5) is 0. The minimum atomic E-state index is 0.441. The van der Waals surface area contributed by atoms with Crippen LogP contribution in [-0.2, 0) is 0 Å². The Morgan fingerprint density at radius 2 is 1.76 bits per heavy atom. The summed E-state index contributed by atoms with van der Waals surface area (Å²) in [6.45, 7) is 3.85. The van der Waals surface area contributed by atoms with Gasteiger partial charge < -0.3 is 5.73 Å². The third-order valence-corrected chi connectivity index (χ3v) is 3.29. The smallest absolute Gasteiger partial charge is 0.149 e. The molecular formula is C12H11Cl2N3. The van der Waals surface area contributed by atoms with Crippen LogP contribution in [0, 0.1) is 13.8 Å². The number of benzene rings is 1. The van der Waals surface area contributed by atoms with Crippen molar-refractivity contribution in [1.82, 2.24) is 10.2 Å². The van der Waals surface area contributed by atoms with Gasteiger partial charge in [-0.1, -0.05) is 23.2 Å². The van der Waals surface area contributed by atoms with Gasteiger partial charge in [0.15, 0.2) is 0 Å². The summed E-state index contributed by atoms with van der Waals surface area (Å²) in [7, 11) is 0. The van der Waals surface area contributed by atoms with E-state index in [1.807, 2.05) is 19.9 Å². The van der Waals surface area contributed by atoms with Gasteiger partial charge in [0.1, 0.15) is 5.82 Å². The van der Waals surface area contributed by atoms with E-state index in [1.165, 1.54) is 0 Å². The molecule has 17 heavy (non-hydrogen) atoms. The molecule has 0 fully saturated rings. The van der Waals surface area contributed by atoms with Crippen molar-refractivity contribution in [1.29, 1.82) is 0 Å². The fourth-order valence-electron chi connectivity index (χ4n) is 1.56. The van der Waals surface area contributed by atoms with E-state index in [4.69, 9.17) is 28.9 Å². The molecule has 2 rings (SSSR count). The fraction of sp³-hybridized carbons (Fsp3) is 0.167. The minimum Gasteiger partial charge on any atom is -0.382 e. The summed E-state index contributed by atoms with van der Waals surface area (Å²) in [6.07, 6.45) is 0. The highest BCUT2D eigenvalue weighted by Gasteiger charge is 2.12. The van der Waals surface area contributed by atoms with Crippen molar-refractivity contribution in [2.24, 2.45) is 0 Å². The van der Waals surface area contributed by atoms with E-state index < -0.39 is 0 Å². The number of hydrogen-bond acceptors (Lipinski definition) is 3. The van der Waals surface area contributed by atoms with Crippen LogP contribution in [0.15, 0.2) is 18.2 Å². The molecule has 2 N–H and O–H groups in total. The van der Waals surface area contributed by atoms with E-state index in [0.29, 0.717) is 15.9 Å². The molecule has 0 unspecified atom stereocenters. The molecule has 0 saturated carbocycles. The molecule has 1 aromatic heterocycles. The Balaban J connectivity index is 2.65. The number of nitrogen functional groups attached to an aromatic ring is 1. The zero-order valence-electron chi connectivity index (χ0n) is 9.46. The Kier molecular flexibility index (Phi) is 3.22. The van der Waals surface area contributed by atoms with Crippen molar-refractivity contribution in [3.63, 3.8) is 0 Å². The molecule has 0 atom stereocenters. The predicted octanol–water partition coefficient (Wildman–Crippen LogP) is 3.65. The van der Waals surface area contributed by atoms with Gasteiger partial charge in [0.2, 0.25) is 0 Å². The van der Waals surface area contributed by atoms with Gasteiger partial charge in [-0.2, -0.15) is 0 Å². The Morgan fingerprint density at radius 1 is 1.06 bits per heavy atom. The van der Waals surface area contributed by atoms with Crippen LogP contribution in [0.1, 0.15) is 11.1 Å². The summed E-state index contributed by atoms with van der Waals surface area (Å²) < 4.78 is 0. The number of halogens is 2. The van der Waals surface area contributed by atoms with Gasteiger partial charge in [0.25, 0.3) is 0 Å². The second kappa shape index (κ2) is 4.51. The van der Waals surface area contributed by atoms with Gasteiger partial charge in [-0.15, -0.1) is 10.2 Å². The lowest BCUT2D eigenvalue weighted by Crippen LogP contribution is -2.02. The third-order valence-electron chi connectivity index (χ3n) is 2.75. The molecule has 2 aromatic rings. The quantitative estimate of drug-likeness (QED) is 0.858. The Morgan fingerprint density at radius 3 is 2.41 bits per heavy atom. The van der Waals surface area contributed by atoms with E-state index in [0.717, 1.165) is 22.4 Å². The first kappa shape index (κ1) is 12.1. The largest absolute Gasteiger partial charge is 0.382 e. The second-order valence-electron chi connectivity index (χ2n) is 3.81. The highest BCUT2D eigenvalue weighted by molar-refractivity contribution is 6.36. The first-order valence-electron chi connectivity index (χ1n) is 5.05. The van der Waals surface area contributed by atoms with Crippen molar-refractivity contribution < 1.29 is 0 Å². The Hall–Kier alpha value is -1.32. The van der Waals surface area contributed by atoms with Gasteiger partial charge in [-0.3, -0.25) is 0 Å². The van der Waals surface area contributed by atoms with Gasteiger partial charge in [-0.25, -0.2) is 0 Å². The maximum Gasteiger partial charge on any atom is 0.149 e. The van der Waals surface area contributed by atoms with Crippen LogP contribution >= 0.6 is 23.2 Å². The van der Waals surface area contributed by atoms with Crippen LogP contribution in [-0.4, -0.2) is 10.2 Å². The lowest BCUT2D eigenvalue weighted by molar-refractivity contribution is 1.01. The predicted molar refractivity (Wildman–Crippen MR) is 71.4 cm³/mol. The van der Waals surface area contributed by atoms with Crippen molar-refractivity contribution >= 4 is 29.0 Å². The average molecular weight is 268 g/mol. The highest BCUT2D eigenvalue weighted by Crippen LogP contribution is 2.32. The number of aromatic nitrogens is 2. The number of hydrogen-bond donors (Lipinski definition) is 1. The number of nitrogens with zero attached hydrogens (tertiary/aromatic N) is 2. The van der Waals surface area contributed by atoms with Crippen LogP contribution in [0.3, 0.4) is 0 Å². The molecule has 0 aliphatic heterocycles. The van der Waals surface area contributed by atoms with Crippen LogP contribution in [0.4, 0.5) is 5.82 Å². The standard InChI is InChI=1S/C12H11Cl2N3/c1-6-7(2)12(15)17-16-11(6)9-4-3-8(13)5-10(9)14/h3-5H,1-2H3,(H2,15,17). The van der Waals surface area contributed by atoms with Crippen molar-refractivity contribution in [3.05, 3.63) is 39.4 Å². The molecule has 1 heterocycles. The number of anilines is 1. The lowest BCUT2D eigenvalue weighted by Gasteiger charge is -2.10. The summed E-state index contributed by atoms with van der Waals surface area (Å²) in [5.74, 6) is 0.441. The van der Waals surface area contributed by atoms with Gasteiger partial charge in [-0.05, 0) is 43.2 Å². The molecule has 0 amide bonds. The summed E-state index contributed by atoms with van der Waals surface area (Å²) >= 11 is 12.0. The topological polar surface area (TPSA) is 51.8 Å². The molecule has 3 nitrogen and oxygen atoms in total. The zero-order valence-corrected chi connectivity index (χ0v) is 11.0. The minimum absolute atomic E-state index is 0.441. The maximum absolute atomic E-state index is 6.14. The average Bonchev–Trinajstić information content (AvgIpc) is 2.28. The van der Waals surface area contributed by atoms with Crippen LogP contribution < -0.4 is 5.73 Å². The van der Waals surface area contributed by atoms with Crippen LogP contribution in [0.25, 0.3) is 11.3 Å². The SMILES string of the molecule is Cc1c(N)nnc(-c2ccc(Cl)cc2Cl)c1C. The number of nitrogens with two attached hydrogens (primary N) is 1. The summed E-state index contributed by atoms with van der Waals surface area (Å²) in [5.41, 5.74) is 9.14. The van der Waals surface area contributed by atoms with Crippen molar-refractivity contribution in [2.75, 3.05) is 5.73 Å². The second-order valence-corrected chi connectivity index (χ2v) is 4.65. The molecule has 0 saturated heterocycles. The first-order chi connectivity index (χ1) is 8.00. The Bertz CT molecular complexity index is 582. The Labute approximate surface area is 110 Å². The fourth-order valence-corrected chi connectivity index (χ4v) is 2.06. The van der Waals surface area contributed by atoms with Gasteiger partial charge in [0, 0.05) is 10.6 Å². The maximum atomic E-state index is 6.14. The molecular weight excluding hydrogens is 257 g/mol. The molecule has 0 spiro atoms. The van der Waals surface area contributed by atoms with Crippen molar-refractivity contribution in [3.8, 4) is 11.3 Å². The normalized spacial score (nSPS) is 10.6. The number of rotatable bonds is 1. The van der Waals surface area contributed by atoms with E-state index in [1.54, 1.807) is 12.1 Å². The molecule has 0 aliphatic rings. The molecule has 5 heteroatoms. The van der Waals surface area contributed by atoms with E-state index >= 15 is 0 Å². The molecule has 0 aliphatic carbocycles. The zero-order chi connectivity index (χ0) is 12.6. The first-order valence-corrected chi connectivity index (χ1v) is 5.81. The van der Waals surface area contributed by atoms with Gasteiger partial charge >= 0.3 is 0 Å². The third kappa shape index (κ3) is 2.21. The van der Waals surface area contributed by atoms with E-state index in [-0.39, 0.29) is 0 Å². The lowest BCUT2D eigenvalue weighted by atomic mass is 10.0. The van der Waals surface area contributed by atoms with Gasteiger partial charge in [0.05, 0.1) is 10.7 Å². The summed E-state index contributed by atoms with van der Waals surface area (Å²) in [6, 6.07) is 5.29. The van der Waals surface area contributed by atoms with Crippen LogP contribution in [0.5, 0.6) is 0 Å².